The number of hydrogen-bond donors (Lipinski definition) is 1. The van der Waals surface area contributed by atoms with E-state index >= 15 is 0 Å². The number of aromatic nitrogens is 3. The van der Waals surface area contributed by atoms with Crippen LogP contribution in [0.5, 0.6) is 5.75 Å². The number of anilines is 1. The van der Waals surface area contributed by atoms with E-state index in [0.29, 0.717) is 17.9 Å². The molecule has 2 aromatic carbocycles. The number of hydrogen-bond acceptors (Lipinski definition) is 5. The van der Waals surface area contributed by atoms with Gasteiger partial charge in [0.15, 0.2) is 0 Å². The number of amides is 1. The number of carbonyl (C=O) groups is 1. The number of rotatable bonds is 6. The Morgan fingerprint density at radius 2 is 1.88 bits per heavy atom. The van der Waals surface area contributed by atoms with Crippen LogP contribution in [0.2, 0.25) is 0 Å². The van der Waals surface area contributed by atoms with Crippen LogP contribution in [0.15, 0.2) is 59.3 Å². The van der Waals surface area contributed by atoms with Gasteiger partial charge in [-0.1, -0.05) is 17.3 Å². The predicted octanol–water partition coefficient (Wildman–Crippen LogP) is 5.32. The second-order valence-corrected chi connectivity index (χ2v) is 8.34. The molecule has 0 radical (unpaired) electrons. The molecule has 7 heteroatoms. The second kappa shape index (κ2) is 8.94. The van der Waals surface area contributed by atoms with E-state index in [1.165, 1.54) is 12.8 Å². The van der Waals surface area contributed by atoms with E-state index in [2.05, 4.69) is 21.2 Å². The highest BCUT2D eigenvalue weighted by Gasteiger charge is 2.14. The molecule has 168 valence electrons. The van der Waals surface area contributed by atoms with Gasteiger partial charge in [-0.3, -0.25) is 4.79 Å². The van der Waals surface area contributed by atoms with Crippen LogP contribution in [-0.4, -0.2) is 20.6 Å². The maximum Gasteiger partial charge on any atom is 0.255 e. The molecular weight excluding hydrogens is 416 g/mol. The molecule has 1 aliphatic rings. The van der Waals surface area contributed by atoms with Gasteiger partial charge in [0, 0.05) is 36.0 Å². The summed E-state index contributed by atoms with van der Waals surface area (Å²) in [5.41, 5.74) is 5.10. The van der Waals surface area contributed by atoms with Crippen molar-refractivity contribution in [3.05, 3.63) is 83.1 Å². The summed E-state index contributed by atoms with van der Waals surface area (Å²) >= 11 is 0. The molecule has 33 heavy (non-hydrogen) atoms. The number of nitrogens with zero attached hydrogens (tertiary/aromatic N) is 3. The lowest BCUT2D eigenvalue weighted by Gasteiger charge is -2.11. The van der Waals surface area contributed by atoms with Crippen molar-refractivity contribution in [2.75, 3.05) is 5.32 Å². The maximum atomic E-state index is 12.7. The summed E-state index contributed by atoms with van der Waals surface area (Å²) in [6.07, 6.45) is 5.58. The molecule has 4 aromatic rings. The molecule has 1 N–H and O–H groups in total. The van der Waals surface area contributed by atoms with Crippen LogP contribution in [0.3, 0.4) is 0 Å². The molecular formula is C26H26N4O3. The molecule has 0 fully saturated rings. The molecule has 0 saturated carbocycles. The lowest BCUT2D eigenvalue weighted by Crippen LogP contribution is -2.11. The van der Waals surface area contributed by atoms with Crippen molar-refractivity contribution in [3.8, 4) is 17.0 Å². The van der Waals surface area contributed by atoms with Crippen LogP contribution < -0.4 is 10.1 Å². The Balaban J connectivity index is 1.20. The maximum absolute atomic E-state index is 12.7. The Morgan fingerprint density at radius 3 is 2.58 bits per heavy atom. The molecule has 1 aliphatic heterocycles. The van der Waals surface area contributed by atoms with E-state index < -0.39 is 0 Å². The first-order valence-corrected chi connectivity index (χ1v) is 11.2. The number of benzene rings is 2. The van der Waals surface area contributed by atoms with Gasteiger partial charge in [0.1, 0.15) is 23.9 Å². The quantitative estimate of drug-likeness (QED) is 0.437. The molecule has 0 saturated heterocycles. The van der Waals surface area contributed by atoms with Gasteiger partial charge in [-0.05, 0) is 63.1 Å². The zero-order valence-corrected chi connectivity index (χ0v) is 18.8. The minimum Gasteiger partial charge on any atom is -0.489 e. The first-order chi connectivity index (χ1) is 16.1. The fraction of sp³-hybridized carbons (Fsp3) is 0.269. The molecule has 3 heterocycles. The van der Waals surface area contributed by atoms with Crippen molar-refractivity contribution >= 4 is 11.6 Å². The molecule has 1 amide bonds. The van der Waals surface area contributed by atoms with Crippen LogP contribution >= 0.6 is 0 Å². The molecule has 7 nitrogen and oxygen atoms in total. The zero-order valence-electron chi connectivity index (χ0n) is 18.8. The third-order valence-corrected chi connectivity index (χ3v) is 6.03. The van der Waals surface area contributed by atoms with Crippen LogP contribution in [0.25, 0.3) is 11.3 Å². The number of imidazole rings is 1. The van der Waals surface area contributed by atoms with Crippen molar-refractivity contribution in [1.29, 1.82) is 0 Å². The number of aryl methyl sites for hydroxylation is 4. The number of nitrogens with one attached hydrogen (secondary N) is 1. The molecule has 0 unspecified atom stereocenters. The highest BCUT2D eigenvalue weighted by atomic mass is 16.5. The monoisotopic (exact) mass is 442 g/mol. The summed E-state index contributed by atoms with van der Waals surface area (Å²) in [4.78, 5) is 17.4. The van der Waals surface area contributed by atoms with Gasteiger partial charge in [0.25, 0.3) is 5.91 Å². The number of carbonyl (C=O) groups excluding carboxylic acids is 1. The van der Waals surface area contributed by atoms with Crippen LogP contribution in [-0.2, 0) is 19.6 Å². The Hall–Kier alpha value is -3.87. The summed E-state index contributed by atoms with van der Waals surface area (Å²) in [6.45, 7) is 5.16. The predicted molar refractivity (Wildman–Crippen MR) is 125 cm³/mol. The third kappa shape index (κ3) is 4.53. The Kier molecular flexibility index (Phi) is 5.69. The van der Waals surface area contributed by atoms with Crippen molar-refractivity contribution in [3.63, 3.8) is 0 Å². The highest BCUT2D eigenvalue weighted by Crippen LogP contribution is 2.24. The van der Waals surface area contributed by atoms with E-state index in [4.69, 9.17) is 14.2 Å². The molecule has 2 aromatic heterocycles. The Bertz CT molecular complexity index is 1230. The van der Waals surface area contributed by atoms with Crippen molar-refractivity contribution in [1.82, 2.24) is 14.7 Å². The SMILES string of the molecule is Cc1noc(C)c1COc1ccc(C(=O)Nc2ccc(-c3cn4c(n3)CCCC4)cc2)cc1. The molecule has 0 atom stereocenters. The van der Waals surface area contributed by atoms with Crippen LogP contribution in [0.4, 0.5) is 5.69 Å². The highest BCUT2D eigenvalue weighted by molar-refractivity contribution is 6.04. The van der Waals surface area contributed by atoms with E-state index in [9.17, 15) is 4.79 Å². The van der Waals surface area contributed by atoms with E-state index in [1.54, 1.807) is 24.3 Å². The average Bonchev–Trinajstić information content (AvgIpc) is 3.41. The van der Waals surface area contributed by atoms with Crippen LogP contribution in [0, 0.1) is 13.8 Å². The molecule has 0 aliphatic carbocycles. The summed E-state index contributed by atoms with van der Waals surface area (Å²) in [5.74, 6) is 2.42. The summed E-state index contributed by atoms with van der Waals surface area (Å²) in [7, 11) is 0. The lowest BCUT2D eigenvalue weighted by atomic mass is 10.1. The topological polar surface area (TPSA) is 82.2 Å². The van der Waals surface area contributed by atoms with Gasteiger partial charge in [-0.15, -0.1) is 0 Å². The summed E-state index contributed by atoms with van der Waals surface area (Å²) in [5, 5.41) is 6.88. The Labute approximate surface area is 192 Å². The number of ether oxygens (including phenoxy) is 1. The van der Waals surface area contributed by atoms with E-state index in [-0.39, 0.29) is 5.91 Å². The van der Waals surface area contributed by atoms with Gasteiger partial charge >= 0.3 is 0 Å². The van der Waals surface area contributed by atoms with Crippen molar-refractivity contribution in [2.24, 2.45) is 0 Å². The molecule has 5 rings (SSSR count). The van der Waals surface area contributed by atoms with Gasteiger partial charge in [0.05, 0.1) is 17.0 Å². The van der Waals surface area contributed by atoms with Crippen LogP contribution in [0.1, 0.15) is 46.0 Å². The van der Waals surface area contributed by atoms with Gasteiger partial charge < -0.3 is 19.1 Å². The summed E-state index contributed by atoms with van der Waals surface area (Å²) < 4.78 is 13.2. The summed E-state index contributed by atoms with van der Waals surface area (Å²) in [6, 6.07) is 14.9. The normalized spacial score (nSPS) is 12.9. The first-order valence-electron chi connectivity index (χ1n) is 11.2. The Morgan fingerprint density at radius 1 is 1.09 bits per heavy atom. The molecule has 0 bridgehead atoms. The first kappa shape index (κ1) is 21.0. The van der Waals surface area contributed by atoms with Gasteiger partial charge in [-0.25, -0.2) is 4.98 Å². The third-order valence-electron chi connectivity index (χ3n) is 6.03. The van der Waals surface area contributed by atoms with Crippen molar-refractivity contribution < 1.29 is 14.1 Å². The van der Waals surface area contributed by atoms with E-state index in [0.717, 1.165) is 52.8 Å². The zero-order chi connectivity index (χ0) is 22.8. The average molecular weight is 443 g/mol. The fourth-order valence-electron chi connectivity index (χ4n) is 4.05. The lowest BCUT2D eigenvalue weighted by molar-refractivity contribution is 0.102. The standard InChI is InChI=1S/C26H26N4O3/c1-17-23(18(2)33-29-17)16-32-22-12-8-20(9-13-22)26(31)27-21-10-6-19(7-11-21)24-15-30-14-4-3-5-25(30)28-24/h6-13,15H,3-5,14,16H2,1-2H3,(H,27,31). The smallest absolute Gasteiger partial charge is 0.255 e. The number of fused-ring (bicyclic) bond motifs is 1. The fourth-order valence-corrected chi connectivity index (χ4v) is 4.05. The van der Waals surface area contributed by atoms with Gasteiger partial charge in [-0.2, -0.15) is 0 Å². The largest absolute Gasteiger partial charge is 0.489 e. The second-order valence-electron chi connectivity index (χ2n) is 8.34. The molecule has 0 spiro atoms. The minimum atomic E-state index is -0.169. The van der Waals surface area contributed by atoms with E-state index in [1.807, 2.05) is 38.1 Å². The minimum absolute atomic E-state index is 0.169. The van der Waals surface area contributed by atoms with Crippen molar-refractivity contribution in [2.45, 2.75) is 46.3 Å². The van der Waals surface area contributed by atoms with Gasteiger partial charge in [0.2, 0.25) is 0 Å².